The molecule has 0 unspecified atom stereocenters. The van der Waals surface area contributed by atoms with Gasteiger partial charge in [0.1, 0.15) is 0 Å². The summed E-state index contributed by atoms with van der Waals surface area (Å²) < 4.78 is 4.49. The monoisotopic (exact) mass is 218 g/mol. The Morgan fingerprint density at radius 2 is 2.12 bits per heavy atom. The molecule has 0 aliphatic rings. The van der Waals surface area contributed by atoms with Crippen LogP contribution in [0.15, 0.2) is 35.1 Å². The largest absolute Gasteiger partial charge is 0.453 e. The van der Waals surface area contributed by atoms with Crippen molar-refractivity contribution < 1.29 is 9.53 Å². The minimum absolute atomic E-state index is 0.216. The second-order valence-electron chi connectivity index (χ2n) is 3.21. The Morgan fingerprint density at radius 1 is 1.31 bits per heavy atom. The highest BCUT2D eigenvalue weighted by Gasteiger charge is 2.05. The Labute approximate surface area is 91.0 Å². The number of amides is 1. The van der Waals surface area contributed by atoms with Crippen LogP contribution in [0.2, 0.25) is 0 Å². The van der Waals surface area contributed by atoms with E-state index in [0.717, 1.165) is 5.39 Å². The number of aromatic nitrogens is 1. The summed E-state index contributed by atoms with van der Waals surface area (Å²) in [5, 5.41) is 3.37. The zero-order valence-corrected chi connectivity index (χ0v) is 8.61. The number of rotatable bonds is 1. The number of fused-ring (bicyclic) bond motifs is 1. The number of carbonyl (C=O) groups is 1. The topological polar surface area (TPSA) is 71.2 Å². The van der Waals surface area contributed by atoms with E-state index < -0.39 is 6.09 Å². The van der Waals surface area contributed by atoms with Crippen LogP contribution in [0, 0.1) is 0 Å². The molecule has 2 rings (SSSR count). The highest BCUT2D eigenvalue weighted by atomic mass is 16.5. The summed E-state index contributed by atoms with van der Waals surface area (Å²) in [6, 6.07) is 8.44. The molecule has 0 atom stereocenters. The third-order valence-corrected chi connectivity index (χ3v) is 2.18. The van der Waals surface area contributed by atoms with Crippen molar-refractivity contribution in [1.82, 2.24) is 4.98 Å². The molecular weight excluding hydrogens is 208 g/mol. The van der Waals surface area contributed by atoms with E-state index in [0.29, 0.717) is 11.2 Å². The Kier molecular flexibility index (Phi) is 2.59. The Bertz CT molecular complexity index is 589. The summed E-state index contributed by atoms with van der Waals surface area (Å²) in [6.45, 7) is 0. The van der Waals surface area contributed by atoms with Crippen LogP contribution in [0.5, 0.6) is 0 Å². The van der Waals surface area contributed by atoms with Crippen molar-refractivity contribution >= 4 is 22.7 Å². The molecule has 1 heterocycles. The first-order valence-electron chi connectivity index (χ1n) is 4.68. The summed E-state index contributed by atoms with van der Waals surface area (Å²) in [7, 11) is 1.28. The lowest BCUT2D eigenvalue weighted by Gasteiger charge is -2.06. The first kappa shape index (κ1) is 10.2. The summed E-state index contributed by atoms with van der Waals surface area (Å²) in [5.74, 6) is 0. The van der Waals surface area contributed by atoms with E-state index in [1.165, 1.54) is 13.2 Å². The highest BCUT2D eigenvalue weighted by Crippen LogP contribution is 2.19. The van der Waals surface area contributed by atoms with E-state index in [-0.39, 0.29) is 5.56 Å². The van der Waals surface area contributed by atoms with Gasteiger partial charge in [0.05, 0.1) is 18.3 Å². The van der Waals surface area contributed by atoms with Gasteiger partial charge in [-0.15, -0.1) is 0 Å². The van der Waals surface area contributed by atoms with Gasteiger partial charge in [0.25, 0.3) is 0 Å². The van der Waals surface area contributed by atoms with E-state index in [1.807, 2.05) is 6.07 Å². The molecule has 0 fully saturated rings. The Hall–Kier alpha value is -2.30. The minimum Gasteiger partial charge on any atom is -0.453 e. The maximum atomic E-state index is 11.2. The highest BCUT2D eigenvalue weighted by molar-refractivity contribution is 5.97. The molecule has 1 aromatic carbocycles. The average molecular weight is 218 g/mol. The zero-order chi connectivity index (χ0) is 11.5. The quantitative estimate of drug-likeness (QED) is 0.765. The molecule has 0 radical (unpaired) electrons. The number of hydrogen-bond donors (Lipinski definition) is 2. The van der Waals surface area contributed by atoms with Gasteiger partial charge in [-0.1, -0.05) is 12.1 Å². The standard InChI is InChI=1S/C11H10N2O3/c1-16-11(15)12-8-4-2-3-7-5-6-9(14)13-10(7)8/h2-6H,1H3,(H,12,15)(H,13,14). The number of hydrogen-bond acceptors (Lipinski definition) is 3. The van der Waals surface area contributed by atoms with Gasteiger partial charge >= 0.3 is 6.09 Å². The number of aromatic amines is 1. The Balaban J connectivity index is 2.56. The van der Waals surface area contributed by atoms with Crippen molar-refractivity contribution in [1.29, 1.82) is 0 Å². The first-order chi connectivity index (χ1) is 7.70. The van der Waals surface area contributed by atoms with E-state index in [1.54, 1.807) is 18.2 Å². The first-order valence-corrected chi connectivity index (χ1v) is 4.68. The Morgan fingerprint density at radius 3 is 2.88 bits per heavy atom. The van der Waals surface area contributed by atoms with Crippen molar-refractivity contribution in [2.75, 3.05) is 12.4 Å². The number of nitrogens with one attached hydrogen (secondary N) is 2. The number of methoxy groups -OCH3 is 1. The minimum atomic E-state index is -0.572. The summed E-state index contributed by atoms with van der Waals surface area (Å²) >= 11 is 0. The van der Waals surface area contributed by atoms with Gasteiger partial charge in [0.15, 0.2) is 0 Å². The third-order valence-electron chi connectivity index (χ3n) is 2.18. The van der Waals surface area contributed by atoms with Crippen molar-refractivity contribution in [3.05, 3.63) is 40.7 Å². The van der Waals surface area contributed by atoms with Gasteiger partial charge < -0.3 is 9.72 Å². The lowest BCUT2D eigenvalue weighted by atomic mass is 10.2. The number of ether oxygens (including phenoxy) is 1. The second-order valence-corrected chi connectivity index (χ2v) is 3.21. The number of benzene rings is 1. The van der Waals surface area contributed by atoms with Crippen LogP contribution in [-0.4, -0.2) is 18.2 Å². The van der Waals surface area contributed by atoms with E-state index in [2.05, 4.69) is 15.0 Å². The fraction of sp³-hybridized carbons (Fsp3) is 0.0909. The van der Waals surface area contributed by atoms with Crippen molar-refractivity contribution in [2.24, 2.45) is 0 Å². The fourth-order valence-corrected chi connectivity index (χ4v) is 1.44. The molecule has 5 heteroatoms. The SMILES string of the molecule is COC(=O)Nc1cccc2ccc(=O)[nH]c12. The molecule has 2 N–H and O–H groups in total. The van der Waals surface area contributed by atoms with Crippen molar-refractivity contribution in [3.63, 3.8) is 0 Å². The van der Waals surface area contributed by atoms with Crippen molar-refractivity contribution in [2.45, 2.75) is 0 Å². The molecule has 0 spiro atoms. The summed E-state index contributed by atoms with van der Waals surface area (Å²) in [5.41, 5.74) is 0.883. The van der Waals surface area contributed by atoms with Crippen molar-refractivity contribution in [3.8, 4) is 0 Å². The van der Waals surface area contributed by atoms with E-state index >= 15 is 0 Å². The number of carbonyl (C=O) groups excluding carboxylic acids is 1. The van der Waals surface area contributed by atoms with Crippen LogP contribution < -0.4 is 10.9 Å². The number of H-pyrrole nitrogens is 1. The molecule has 1 amide bonds. The second kappa shape index (κ2) is 4.06. The number of anilines is 1. The van der Waals surface area contributed by atoms with Gasteiger partial charge in [-0.2, -0.15) is 0 Å². The van der Waals surface area contributed by atoms with Gasteiger partial charge in [0.2, 0.25) is 5.56 Å². The van der Waals surface area contributed by atoms with Gasteiger partial charge in [0, 0.05) is 11.5 Å². The molecule has 0 bridgehead atoms. The molecule has 0 aliphatic heterocycles. The molecule has 0 saturated heterocycles. The van der Waals surface area contributed by atoms with Crippen LogP contribution in [0.1, 0.15) is 0 Å². The maximum absolute atomic E-state index is 11.2. The van der Waals surface area contributed by atoms with Crippen LogP contribution >= 0.6 is 0 Å². The smallest absolute Gasteiger partial charge is 0.411 e. The molecule has 5 nitrogen and oxygen atoms in total. The molecule has 0 saturated carbocycles. The molecule has 0 aliphatic carbocycles. The molecule has 82 valence electrons. The van der Waals surface area contributed by atoms with Gasteiger partial charge in [-0.05, 0) is 12.1 Å². The summed E-state index contributed by atoms with van der Waals surface area (Å²) in [6.07, 6.45) is -0.572. The van der Waals surface area contributed by atoms with Gasteiger partial charge in [-0.3, -0.25) is 10.1 Å². The van der Waals surface area contributed by atoms with Crippen LogP contribution in [0.4, 0.5) is 10.5 Å². The van der Waals surface area contributed by atoms with Gasteiger partial charge in [-0.25, -0.2) is 4.79 Å². The van der Waals surface area contributed by atoms with E-state index in [9.17, 15) is 9.59 Å². The van der Waals surface area contributed by atoms with Crippen LogP contribution in [-0.2, 0) is 4.74 Å². The zero-order valence-electron chi connectivity index (χ0n) is 8.61. The lowest BCUT2D eigenvalue weighted by molar-refractivity contribution is 0.187. The van der Waals surface area contributed by atoms with Crippen LogP contribution in [0.25, 0.3) is 10.9 Å². The number of para-hydroxylation sites is 1. The molecule has 16 heavy (non-hydrogen) atoms. The molecular formula is C11H10N2O3. The van der Waals surface area contributed by atoms with E-state index in [4.69, 9.17) is 0 Å². The molecule has 2 aromatic rings. The predicted molar refractivity (Wildman–Crippen MR) is 60.6 cm³/mol. The number of pyridine rings is 1. The molecule has 1 aromatic heterocycles. The maximum Gasteiger partial charge on any atom is 0.411 e. The average Bonchev–Trinajstić information content (AvgIpc) is 2.29. The summed E-state index contributed by atoms with van der Waals surface area (Å²) in [4.78, 5) is 24.9. The normalized spacial score (nSPS) is 10.1. The fourth-order valence-electron chi connectivity index (χ4n) is 1.44. The van der Waals surface area contributed by atoms with Crippen LogP contribution in [0.3, 0.4) is 0 Å². The lowest BCUT2D eigenvalue weighted by Crippen LogP contribution is -2.12. The predicted octanol–water partition coefficient (Wildman–Crippen LogP) is 1.71. The third kappa shape index (κ3) is 1.88.